The number of carbonyl (C=O) groups is 1. The second kappa shape index (κ2) is 4.24. The smallest absolute Gasteiger partial charge is 0.279 e. The normalized spacial score (nSPS) is 19.2. The Kier molecular flexibility index (Phi) is 3.46. The van der Waals surface area contributed by atoms with Crippen molar-refractivity contribution in [2.24, 2.45) is 11.7 Å². The van der Waals surface area contributed by atoms with Crippen molar-refractivity contribution in [1.29, 1.82) is 0 Å². The van der Waals surface area contributed by atoms with Crippen LogP contribution >= 0.6 is 0 Å². The Bertz CT molecular complexity index is 308. The molecule has 0 aromatic heterocycles. The summed E-state index contributed by atoms with van der Waals surface area (Å²) in [6, 6.07) is 0. The second-order valence-electron chi connectivity index (χ2n) is 3.32. The van der Waals surface area contributed by atoms with Crippen LogP contribution in [0.15, 0.2) is 0 Å². The van der Waals surface area contributed by atoms with Gasteiger partial charge in [0.2, 0.25) is 5.91 Å². The Labute approximate surface area is 83.6 Å². The first-order valence-corrected chi connectivity index (χ1v) is 5.95. The lowest BCUT2D eigenvalue weighted by molar-refractivity contribution is -0.124. The van der Waals surface area contributed by atoms with Gasteiger partial charge < -0.3 is 5.73 Å². The molecule has 0 aromatic carbocycles. The summed E-state index contributed by atoms with van der Waals surface area (Å²) in [6.45, 7) is 2.70. The van der Waals surface area contributed by atoms with Gasteiger partial charge in [-0.1, -0.05) is 6.92 Å². The average molecular weight is 221 g/mol. The van der Waals surface area contributed by atoms with E-state index in [0.29, 0.717) is 6.54 Å². The van der Waals surface area contributed by atoms with Gasteiger partial charge in [-0.25, -0.2) is 4.72 Å². The minimum Gasteiger partial charge on any atom is -0.369 e. The number of carbonyl (C=O) groups excluding carboxylic acids is 1. The van der Waals surface area contributed by atoms with Crippen LogP contribution in [0.4, 0.5) is 0 Å². The predicted molar refractivity (Wildman–Crippen MR) is 51.5 cm³/mol. The number of nitrogens with one attached hydrogen (secondary N) is 1. The van der Waals surface area contributed by atoms with Crippen LogP contribution in [0.2, 0.25) is 0 Å². The predicted octanol–water partition coefficient (Wildman–Crippen LogP) is -1.35. The van der Waals surface area contributed by atoms with Gasteiger partial charge in [0.25, 0.3) is 10.2 Å². The molecule has 0 radical (unpaired) electrons. The molecule has 0 unspecified atom stereocenters. The van der Waals surface area contributed by atoms with E-state index in [1.165, 1.54) is 4.31 Å². The Morgan fingerprint density at radius 3 is 2.57 bits per heavy atom. The first-order chi connectivity index (χ1) is 6.47. The van der Waals surface area contributed by atoms with Gasteiger partial charge in [-0.15, -0.1) is 0 Å². The monoisotopic (exact) mass is 221 g/mol. The van der Waals surface area contributed by atoms with Crippen LogP contribution < -0.4 is 10.5 Å². The van der Waals surface area contributed by atoms with Gasteiger partial charge in [-0.3, -0.25) is 4.79 Å². The molecule has 1 amide bonds. The molecule has 1 heterocycles. The van der Waals surface area contributed by atoms with Crippen molar-refractivity contribution in [3.05, 3.63) is 0 Å². The van der Waals surface area contributed by atoms with E-state index in [4.69, 9.17) is 5.73 Å². The van der Waals surface area contributed by atoms with Crippen molar-refractivity contribution in [3.63, 3.8) is 0 Å². The zero-order valence-electron chi connectivity index (χ0n) is 8.06. The molecule has 0 spiro atoms. The van der Waals surface area contributed by atoms with Gasteiger partial charge in [0.1, 0.15) is 0 Å². The molecule has 0 saturated carbocycles. The Hall–Kier alpha value is -0.660. The summed E-state index contributed by atoms with van der Waals surface area (Å²) in [7, 11) is -3.38. The maximum Gasteiger partial charge on any atom is 0.279 e. The molecule has 82 valence electrons. The largest absolute Gasteiger partial charge is 0.369 e. The lowest BCUT2D eigenvalue weighted by Crippen LogP contribution is -2.57. The van der Waals surface area contributed by atoms with Crippen LogP contribution in [0.25, 0.3) is 0 Å². The number of hydrogen-bond donors (Lipinski definition) is 2. The van der Waals surface area contributed by atoms with Gasteiger partial charge in [0, 0.05) is 19.6 Å². The number of rotatable bonds is 5. The van der Waals surface area contributed by atoms with E-state index in [0.717, 1.165) is 6.42 Å². The van der Waals surface area contributed by atoms with Crippen molar-refractivity contribution in [2.75, 3.05) is 19.6 Å². The van der Waals surface area contributed by atoms with Crippen LogP contribution in [0.5, 0.6) is 0 Å². The fraction of sp³-hybridized carbons (Fsp3) is 0.857. The summed E-state index contributed by atoms with van der Waals surface area (Å²) in [6.07, 6.45) is 0.742. The van der Waals surface area contributed by atoms with Crippen molar-refractivity contribution in [3.8, 4) is 0 Å². The van der Waals surface area contributed by atoms with Crippen molar-refractivity contribution >= 4 is 16.1 Å². The third-order valence-corrected chi connectivity index (χ3v) is 3.67. The van der Waals surface area contributed by atoms with Crippen molar-refractivity contribution < 1.29 is 13.2 Å². The fourth-order valence-corrected chi connectivity index (χ4v) is 2.53. The average Bonchev–Trinajstić information content (AvgIpc) is 1.96. The number of hydrogen-bond acceptors (Lipinski definition) is 3. The minimum absolute atomic E-state index is 0.203. The molecule has 0 aromatic rings. The van der Waals surface area contributed by atoms with Crippen LogP contribution in [0, 0.1) is 5.92 Å². The third kappa shape index (κ3) is 2.43. The van der Waals surface area contributed by atoms with Crippen molar-refractivity contribution in [2.45, 2.75) is 13.3 Å². The SMILES string of the molecule is CCCNS(=O)(=O)N1CC(C(N)=O)C1. The highest BCUT2D eigenvalue weighted by atomic mass is 32.2. The second-order valence-corrected chi connectivity index (χ2v) is 5.07. The van der Waals surface area contributed by atoms with Crippen LogP contribution in [0.1, 0.15) is 13.3 Å². The Morgan fingerprint density at radius 2 is 2.14 bits per heavy atom. The summed E-state index contributed by atoms with van der Waals surface area (Å²) in [5.41, 5.74) is 5.02. The topological polar surface area (TPSA) is 92.5 Å². The van der Waals surface area contributed by atoms with E-state index in [1.54, 1.807) is 0 Å². The third-order valence-electron chi connectivity index (χ3n) is 2.12. The van der Waals surface area contributed by atoms with Crippen LogP contribution in [0.3, 0.4) is 0 Å². The summed E-state index contributed by atoms with van der Waals surface area (Å²) in [4.78, 5) is 10.6. The standard InChI is InChI=1S/C7H15N3O3S/c1-2-3-9-14(12,13)10-4-6(5-10)7(8)11/h6,9H,2-5H2,1H3,(H2,8,11). The lowest BCUT2D eigenvalue weighted by atomic mass is 10.0. The molecule has 1 aliphatic rings. The van der Waals surface area contributed by atoms with Gasteiger partial charge in [0.15, 0.2) is 0 Å². The Morgan fingerprint density at radius 1 is 1.57 bits per heavy atom. The van der Waals surface area contributed by atoms with Crippen LogP contribution in [-0.2, 0) is 15.0 Å². The highest BCUT2D eigenvalue weighted by molar-refractivity contribution is 7.87. The molecule has 1 rings (SSSR count). The first-order valence-electron chi connectivity index (χ1n) is 4.51. The zero-order valence-corrected chi connectivity index (χ0v) is 8.88. The van der Waals surface area contributed by atoms with Gasteiger partial charge in [0.05, 0.1) is 5.92 Å². The number of nitrogens with two attached hydrogens (primary N) is 1. The molecule has 1 fully saturated rings. The number of nitrogens with zero attached hydrogens (tertiary/aromatic N) is 1. The van der Waals surface area contributed by atoms with E-state index in [2.05, 4.69) is 4.72 Å². The molecule has 7 heteroatoms. The van der Waals surface area contributed by atoms with Crippen molar-refractivity contribution in [1.82, 2.24) is 9.03 Å². The fourth-order valence-electron chi connectivity index (χ4n) is 1.14. The molecule has 3 N–H and O–H groups in total. The minimum atomic E-state index is -3.38. The quantitative estimate of drug-likeness (QED) is 0.601. The van der Waals surface area contributed by atoms with E-state index >= 15 is 0 Å². The molecule has 0 atom stereocenters. The van der Waals surface area contributed by atoms with E-state index in [1.807, 2.05) is 6.92 Å². The number of amides is 1. The summed E-state index contributed by atoms with van der Waals surface area (Å²) >= 11 is 0. The summed E-state index contributed by atoms with van der Waals surface area (Å²) in [5, 5.41) is 0. The molecular weight excluding hydrogens is 206 g/mol. The van der Waals surface area contributed by atoms with Crippen LogP contribution in [-0.4, -0.2) is 38.3 Å². The summed E-state index contributed by atoms with van der Waals surface area (Å²) in [5.74, 6) is -0.764. The van der Waals surface area contributed by atoms with Gasteiger partial charge in [-0.05, 0) is 6.42 Å². The van der Waals surface area contributed by atoms with Gasteiger partial charge in [-0.2, -0.15) is 12.7 Å². The molecule has 0 aliphatic carbocycles. The van der Waals surface area contributed by atoms with E-state index in [-0.39, 0.29) is 19.0 Å². The maximum atomic E-state index is 11.4. The molecular formula is C7H15N3O3S. The highest BCUT2D eigenvalue weighted by Crippen LogP contribution is 2.17. The first kappa shape index (κ1) is 11.4. The van der Waals surface area contributed by atoms with Gasteiger partial charge >= 0.3 is 0 Å². The Balaban J connectivity index is 2.42. The molecule has 6 nitrogen and oxygen atoms in total. The van der Waals surface area contributed by atoms with E-state index < -0.39 is 16.1 Å². The highest BCUT2D eigenvalue weighted by Gasteiger charge is 2.38. The molecule has 1 saturated heterocycles. The zero-order chi connectivity index (χ0) is 10.8. The maximum absolute atomic E-state index is 11.4. The molecule has 14 heavy (non-hydrogen) atoms. The number of primary amides is 1. The lowest BCUT2D eigenvalue weighted by Gasteiger charge is -2.35. The molecule has 0 bridgehead atoms. The molecule has 1 aliphatic heterocycles. The van der Waals surface area contributed by atoms with E-state index in [9.17, 15) is 13.2 Å². The summed E-state index contributed by atoms with van der Waals surface area (Å²) < 4.78 is 26.4.